The molecule has 0 radical (unpaired) electrons. The first-order valence-electron chi connectivity index (χ1n) is 11.5. The number of carbonyl (C=O) groups is 2. The summed E-state index contributed by atoms with van der Waals surface area (Å²) in [5.74, 6) is -0.336. The molecule has 6 heteroatoms. The number of hydrogen-bond donors (Lipinski definition) is 0. The molecule has 4 rings (SSSR count). The average molecular weight is 451 g/mol. The van der Waals surface area contributed by atoms with Crippen LogP contribution in [-0.4, -0.2) is 40.8 Å². The molecule has 0 N–H and O–H groups in total. The molecule has 2 aromatic carbocycles. The summed E-state index contributed by atoms with van der Waals surface area (Å²) in [5.41, 5.74) is 4.71. The summed E-state index contributed by atoms with van der Waals surface area (Å²) in [6.07, 6.45) is 0.497. The molecule has 0 unspecified atom stereocenters. The lowest BCUT2D eigenvalue weighted by atomic mass is 10.0. The largest absolute Gasteiger partial charge is 0.465 e. The van der Waals surface area contributed by atoms with E-state index in [1.165, 1.54) is 18.4 Å². The molecule has 2 heterocycles. The van der Waals surface area contributed by atoms with E-state index in [-0.39, 0.29) is 12.1 Å². The lowest BCUT2D eigenvalue weighted by Gasteiger charge is -2.30. The molecule has 6 nitrogen and oxygen atoms in total. The summed E-state index contributed by atoms with van der Waals surface area (Å²) in [6.45, 7) is 11.5. The van der Waals surface area contributed by atoms with Gasteiger partial charge < -0.3 is 18.9 Å². The van der Waals surface area contributed by atoms with E-state index in [9.17, 15) is 9.59 Å². The van der Waals surface area contributed by atoms with Crippen LogP contribution in [0.1, 0.15) is 61.8 Å². The number of carbonyl (C=O) groups excluding carboxylic acids is 2. The van der Waals surface area contributed by atoms with Crippen LogP contribution in [0.25, 0.3) is 10.9 Å². The zero-order valence-corrected chi connectivity index (χ0v) is 20.5. The number of ether oxygens (including phenoxy) is 2. The van der Waals surface area contributed by atoms with Crippen molar-refractivity contribution in [3.63, 3.8) is 0 Å². The van der Waals surface area contributed by atoms with Gasteiger partial charge in [-0.2, -0.15) is 0 Å². The maximum absolute atomic E-state index is 12.6. The molecule has 176 valence electrons. The zero-order chi connectivity index (χ0) is 24.2. The summed E-state index contributed by atoms with van der Waals surface area (Å²) >= 11 is 0. The molecular weight excluding hydrogens is 416 g/mol. The fraction of sp³-hybridized carbons (Fsp3) is 0.407. The zero-order valence-electron chi connectivity index (χ0n) is 20.5. The van der Waals surface area contributed by atoms with E-state index in [1.807, 2.05) is 58.9 Å². The molecule has 0 bridgehead atoms. The van der Waals surface area contributed by atoms with Gasteiger partial charge in [0.25, 0.3) is 0 Å². The van der Waals surface area contributed by atoms with Gasteiger partial charge in [0.1, 0.15) is 5.60 Å². The highest BCUT2D eigenvalue weighted by atomic mass is 16.6. The van der Waals surface area contributed by atoms with Crippen molar-refractivity contribution in [2.24, 2.45) is 0 Å². The highest BCUT2D eigenvalue weighted by Gasteiger charge is 2.29. The molecule has 1 aliphatic heterocycles. The van der Waals surface area contributed by atoms with Crippen LogP contribution in [-0.2, 0) is 29.0 Å². The van der Waals surface area contributed by atoms with Crippen LogP contribution in [0.5, 0.6) is 0 Å². The molecule has 3 aromatic rings. The van der Waals surface area contributed by atoms with Crippen molar-refractivity contribution in [3.05, 3.63) is 70.9 Å². The minimum absolute atomic E-state index is 0.270. The van der Waals surface area contributed by atoms with Gasteiger partial charge in [-0.3, -0.25) is 0 Å². The summed E-state index contributed by atoms with van der Waals surface area (Å²) in [4.78, 5) is 26.1. The predicted octanol–water partition coefficient (Wildman–Crippen LogP) is 5.80. The monoisotopic (exact) mass is 450 g/mol. The minimum Gasteiger partial charge on any atom is -0.465 e. The van der Waals surface area contributed by atoms with Gasteiger partial charge in [-0.1, -0.05) is 44.2 Å². The Hall–Kier alpha value is -3.28. The Morgan fingerprint density at radius 1 is 1.00 bits per heavy atom. The Morgan fingerprint density at radius 2 is 1.67 bits per heavy atom. The standard InChI is InChI=1S/C25H28N2O4.C2H6/c1-25(2,3)31-24(29)26-14-13-22-20(16-26)19-7-5-6-8-21(19)27(22)15-17-9-11-18(12-10-17)23(28)30-4;1-2/h5-12H,13-16H2,1-4H3;1-2H3. The van der Waals surface area contributed by atoms with Crippen LogP contribution in [0.15, 0.2) is 48.5 Å². The lowest BCUT2D eigenvalue weighted by Crippen LogP contribution is -2.40. The van der Waals surface area contributed by atoms with Gasteiger partial charge in [-0.15, -0.1) is 0 Å². The number of methoxy groups -OCH3 is 1. The number of hydrogen-bond acceptors (Lipinski definition) is 4. The molecule has 0 saturated carbocycles. The Labute approximate surface area is 196 Å². The highest BCUT2D eigenvalue weighted by molar-refractivity contribution is 5.89. The molecule has 0 fully saturated rings. The van der Waals surface area contributed by atoms with Gasteiger partial charge in [-0.05, 0) is 44.5 Å². The van der Waals surface area contributed by atoms with Crippen molar-refractivity contribution < 1.29 is 19.1 Å². The van der Waals surface area contributed by atoms with E-state index >= 15 is 0 Å². The smallest absolute Gasteiger partial charge is 0.410 e. The van der Waals surface area contributed by atoms with E-state index in [0.717, 1.165) is 22.9 Å². The normalized spacial score (nSPS) is 13.1. The molecule has 0 saturated heterocycles. The third kappa shape index (κ3) is 5.38. The van der Waals surface area contributed by atoms with Crippen LogP contribution >= 0.6 is 0 Å². The van der Waals surface area contributed by atoms with Crippen molar-refractivity contribution in [2.75, 3.05) is 13.7 Å². The molecule has 1 aliphatic rings. The van der Waals surface area contributed by atoms with Gasteiger partial charge in [0.15, 0.2) is 0 Å². The van der Waals surface area contributed by atoms with E-state index < -0.39 is 5.60 Å². The number of rotatable bonds is 3. The maximum Gasteiger partial charge on any atom is 0.410 e. The van der Waals surface area contributed by atoms with Gasteiger partial charge in [0.05, 0.1) is 19.2 Å². The maximum atomic E-state index is 12.6. The number of amides is 1. The first-order valence-corrected chi connectivity index (χ1v) is 11.5. The number of para-hydroxylation sites is 1. The minimum atomic E-state index is -0.512. The summed E-state index contributed by atoms with van der Waals surface area (Å²) in [6, 6.07) is 15.8. The van der Waals surface area contributed by atoms with E-state index in [0.29, 0.717) is 25.2 Å². The first kappa shape index (κ1) is 24.4. The van der Waals surface area contributed by atoms with Crippen molar-refractivity contribution in [2.45, 2.75) is 59.7 Å². The average Bonchev–Trinajstić information content (AvgIpc) is 3.12. The number of fused-ring (bicyclic) bond motifs is 3. The van der Waals surface area contributed by atoms with Crippen LogP contribution in [0.2, 0.25) is 0 Å². The third-order valence-corrected chi connectivity index (χ3v) is 5.53. The van der Waals surface area contributed by atoms with Crippen LogP contribution in [0, 0.1) is 0 Å². The first-order chi connectivity index (χ1) is 15.8. The van der Waals surface area contributed by atoms with E-state index in [4.69, 9.17) is 9.47 Å². The number of esters is 1. The summed E-state index contributed by atoms with van der Waals surface area (Å²) in [5, 5.41) is 1.16. The Balaban J connectivity index is 0.00000149. The quantitative estimate of drug-likeness (QED) is 0.474. The van der Waals surface area contributed by atoms with E-state index in [1.54, 1.807) is 17.0 Å². The molecule has 0 aliphatic carbocycles. The topological polar surface area (TPSA) is 60.8 Å². The second-order valence-corrected chi connectivity index (χ2v) is 8.87. The Morgan fingerprint density at radius 3 is 2.30 bits per heavy atom. The van der Waals surface area contributed by atoms with Gasteiger partial charge >= 0.3 is 12.1 Å². The molecule has 33 heavy (non-hydrogen) atoms. The van der Waals surface area contributed by atoms with Gasteiger partial charge in [0.2, 0.25) is 0 Å². The lowest BCUT2D eigenvalue weighted by molar-refractivity contribution is 0.0223. The number of benzene rings is 2. The van der Waals surface area contributed by atoms with Crippen molar-refractivity contribution >= 4 is 23.0 Å². The Bertz CT molecular complexity index is 1120. The highest BCUT2D eigenvalue weighted by Crippen LogP contribution is 2.32. The summed E-state index contributed by atoms with van der Waals surface area (Å²) in [7, 11) is 1.38. The van der Waals surface area contributed by atoms with Crippen molar-refractivity contribution in [1.82, 2.24) is 9.47 Å². The van der Waals surface area contributed by atoms with Gasteiger partial charge in [-0.25, -0.2) is 9.59 Å². The molecule has 0 atom stereocenters. The third-order valence-electron chi connectivity index (χ3n) is 5.53. The fourth-order valence-corrected chi connectivity index (χ4v) is 4.11. The summed E-state index contributed by atoms with van der Waals surface area (Å²) < 4.78 is 12.7. The molecule has 1 amide bonds. The van der Waals surface area contributed by atoms with Crippen molar-refractivity contribution in [3.8, 4) is 0 Å². The van der Waals surface area contributed by atoms with Crippen LogP contribution < -0.4 is 0 Å². The molecule has 0 spiro atoms. The number of nitrogens with zero attached hydrogens (tertiary/aromatic N) is 2. The van der Waals surface area contributed by atoms with Gasteiger partial charge in [0, 0.05) is 41.7 Å². The predicted molar refractivity (Wildman–Crippen MR) is 131 cm³/mol. The van der Waals surface area contributed by atoms with Crippen LogP contribution in [0.3, 0.4) is 0 Å². The molecule has 1 aromatic heterocycles. The Kier molecular flexibility index (Phi) is 7.46. The molecular formula is C27H34N2O4. The van der Waals surface area contributed by atoms with Crippen molar-refractivity contribution in [1.29, 1.82) is 0 Å². The second-order valence-electron chi connectivity index (χ2n) is 8.87. The fourth-order valence-electron chi connectivity index (χ4n) is 4.11. The SMILES string of the molecule is CC.COC(=O)c1ccc(Cn2c3c(c4ccccc42)CN(C(=O)OC(C)(C)C)CC3)cc1. The second kappa shape index (κ2) is 10.1. The number of aromatic nitrogens is 1. The van der Waals surface area contributed by atoms with Crippen LogP contribution in [0.4, 0.5) is 4.79 Å². The van der Waals surface area contributed by atoms with E-state index in [2.05, 4.69) is 16.7 Å².